The highest BCUT2D eigenvalue weighted by Crippen LogP contribution is 2.37. The summed E-state index contributed by atoms with van der Waals surface area (Å²) in [6.45, 7) is 0. The summed E-state index contributed by atoms with van der Waals surface area (Å²) in [4.78, 5) is 0. The van der Waals surface area contributed by atoms with E-state index in [-0.39, 0.29) is 6.04 Å². The third-order valence-corrected chi connectivity index (χ3v) is 4.00. The van der Waals surface area contributed by atoms with Crippen LogP contribution < -0.4 is 11.1 Å². The first-order valence-corrected chi connectivity index (χ1v) is 7.13. The molecule has 1 aliphatic heterocycles. The smallest absolute Gasteiger partial charge is 0.0701 e. The number of nitrogen functional groups attached to an aromatic ring is 1. The van der Waals surface area contributed by atoms with E-state index in [0.29, 0.717) is 0 Å². The van der Waals surface area contributed by atoms with Crippen molar-refractivity contribution in [3.05, 3.63) is 77.9 Å². The molecular formula is C19H16N2. The Morgan fingerprint density at radius 3 is 2.67 bits per heavy atom. The van der Waals surface area contributed by atoms with Gasteiger partial charge in [0, 0.05) is 11.3 Å². The average molecular weight is 272 g/mol. The van der Waals surface area contributed by atoms with E-state index < -0.39 is 0 Å². The quantitative estimate of drug-likeness (QED) is 0.762. The van der Waals surface area contributed by atoms with Gasteiger partial charge >= 0.3 is 0 Å². The number of para-hydroxylation sites is 1. The normalized spacial score (nSPS) is 18.5. The molecule has 1 aliphatic carbocycles. The molecule has 0 aromatic heterocycles. The van der Waals surface area contributed by atoms with Gasteiger partial charge < -0.3 is 11.1 Å². The van der Waals surface area contributed by atoms with Crippen LogP contribution in [0.25, 0.3) is 17.2 Å². The van der Waals surface area contributed by atoms with Crippen molar-refractivity contribution in [2.45, 2.75) is 6.04 Å². The van der Waals surface area contributed by atoms with Crippen LogP contribution in [0.3, 0.4) is 0 Å². The van der Waals surface area contributed by atoms with E-state index in [1.54, 1.807) is 0 Å². The van der Waals surface area contributed by atoms with Crippen molar-refractivity contribution in [2.24, 2.45) is 0 Å². The van der Waals surface area contributed by atoms with Gasteiger partial charge in [-0.25, -0.2) is 0 Å². The SMILES string of the molecule is Nc1ccc(-c2cccc3c2NC2C=CC=CC2=C3)cc1. The molecule has 1 unspecified atom stereocenters. The Labute approximate surface area is 124 Å². The molecule has 4 rings (SSSR count). The van der Waals surface area contributed by atoms with Gasteiger partial charge in [-0.3, -0.25) is 0 Å². The van der Waals surface area contributed by atoms with E-state index in [1.807, 2.05) is 12.1 Å². The Bertz CT molecular complexity index is 780. The van der Waals surface area contributed by atoms with Crippen LogP contribution in [0, 0.1) is 0 Å². The number of hydrogen-bond donors (Lipinski definition) is 2. The lowest BCUT2D eigenvalue weighted by Gasteiger charge is -2.28. The molecule has 0 saturated heterocycles. The first kappa shape index (κ1) is 12.0. The van der Waals surface area contributed by atoms with Gasteiger partial charge in [-0.15, -0.1) is 0 Å². The Kier molecular flexibility index (Phi) is 2.68. The minimum absolute atomic E-state index is 0.262. The summed E-state index contributed by atoms with van der Waals surface area (Å²) >= 11 is 0. The van der Waals surface area contributed by atoms with E-state index in [2.05, 4.69) is 66.0 Å². The van der Waals surface area contributed by atoms with Crippen LogP contribution in [0.1, 0.15) is 5.56 Å². The highest BCUT2D eigenvalue weighted by atomic mass is 14.9. The van der Waals surface area contributed by atoms with E-state index in [4.69, 9.17) is 5.73 Å². The number of allylic oxidation sites excluding steroid dienone is 2. The van der Waals surface area contributed by atoms with Crippen molar-refractivity contribution >= 4 is 17.5 Å². The lowest BCUT2D eigenvalue weighted by Crippen LogP contribution is -2.23. The Morgan fingerprint density at radius 1 is 0.952 bits per heavy atom. The third-order valence-electron chi connectivity index (χ3n) is 4.00. The topological polar surface area (TPSA) is 38.0 Å². The first-order valence-electron chi connectivity index (χ1n) is 7.13. The number of fused-ring (bicyclic) bond motifs is 2. The van der Waals surface area contributed by atoms with Gasteiger partial charge in [0.05, 0.1) is 11.7 Å². The van der Waals surface area contributed by atoms with Crippen molar-refractivity contribution < 1.29 is 0 Å². The van der Waals surface area contributed by atoms with Gasteiger partial charge in [0.15, 0.2) is 0 Å². The zero-order chi connectivity index (χ0) is 14.2. The molecule has 1 heterocycles. The van der Waals surface area contributed by atoms with Crippen LogP contribution in [0.2, 0.25) is 0 Å². The fourth-order valence-corrected chi connectivity index (χ4v) is 2.92. The average Bonchev–Trinajstić information content (AvgIpc) is 2.53. The molecule has 0 fully saturated rings. The van der Waals surface area contributed by atoms with Crippen molar-refractivity contribution in [3.63, 3.8) is 0 Å². The maximum atomic E-state index is 5.79. The number of hydrogen-bond acceptors (Lipinski definition) is 2. The van der Waals surface area contributed by atoms with Gasteiger partial charge in [-0.2, -0.15) is 0 Å². The fourth-order valence-electron chi connectivity index (χ4n) is 2.92. The second kappa shape index (κ2) is 4.67. The molecule has 0 radical (unpaired) electrons. The fraction of sp³-hybridized carbons (Fsp3) is 0.0526. The lowest BCUT2D eigenvalue weighted by atomic mass is 9.91. The summed E-state index contributed by atoms with van der Waals surface area (Å²) in [5.41, 5.74) is 12.7. The van der Waals surface area contributed by atoms with Gasteiger partial charge in [0.2, 0.25) is 0 Å². The van der Waals surface area contributed by atoms with E-state index in [1.165, 1.54) is 28.0 Å². The molecule has 102 valence electrons. The second-order valence-corrected chi connectivity index (χ2v) is 5.40. The zero-order valence-corrected chi connectivity index (χ0v) is 11.6. The number of anilines is 2. The van der Waals surface area contributed by atoms with Crippen molar-refractivity contribution in [3.8, 4) is 11.1 Å². The molecule has 0 bridgehead atoms. The molecule has 2 aromatic rings. The van der Waals surface area contributed by atoms with E-state index in [9.17, 15) is 0 Å². The minimum atomic E-state index is 0.262. The van der Waals surface area contributed by atoms with Crippen LogP contribution in [-0.2, 0) is 0 Å². The maximum absolute atomic E-state index is 5.79. The van der Waals surface area contributed by atoms with Crippen molar-refractivity contribution in [1.29, 1.82) is 0 Å². The molecular weight excluding hydrogens is 256 g/mol. The highest BCUT2D eigenvalue weighted by Gasteiger charge is 2.20. The predicted molar refractivity (Wildman–Crippen MR) is 90.0 cm³/mol. The van der Waals surface area contributed by atoms with Crippen LogP contribution in [0.15, 0.2) is 72.3 Å². The molecule has 2 heteroatoms. The minimum Gasteiger partial charge on any atom is -0.399 e. The Hall–Kier alpha value is -2.74. The molecule has 2 aromatic carbocycles. The summed E-state index contributed by atoms with van der Waals surface area (Å²) in [5.74, 6) is 0. The molecule has 2 nitrogen and oxygen atoms in total. The van der Waals surface area contributed by atoms with Gasteiger partial charge in [0.25, 0.3) is 0 Å². The summed E-state index contributed by atoms with van der Waals surface area (Å²) < 4.78 is 0. The summed E-state index contributed by atoms with van der Waals surface area (Å²) in [5, 5.41) is 3.64. The summed E-state index contributed by atoms with van der Waals surface area (Å²) in [6, 6.07) is 14.7. The maximum Gasteiger partial charge on any atom is 0.0701 e. The standard InChI is InChI=1S/C19H16N2/c20-16-10-8-13(9-11-16)17-6-3-5-15-12-14-4-1-2-7-18(14)21-19(15)17/h1-12,18,21H,20H2. The number of benzene rings is 2. The molecule has 0 amide bonds. The predicted octanol–water partition coefficient (Wildman–Crippen LogP) is 4.24. The molecule has 1 atom stereocenters. The Balaban J connectivity index is 1.86. The number of rotatable bonds is 1. The van der Waals surface area contributed by atoms with Gasteiger partial charge in [-0.1, -0.05) is 54.6 Å². The van der Waals surface area contributed by atoms with Crippen LogP contribution in [-0.4, -0.2) is 6.04 Å². The Morgan fingerprint density at radius 2 is 1.81 bits per heavy atom. The van der Waals surface area contributed by atoms with Gasteiger partial charge in [-0.05, 0) is 34.9 Å². The van der Waals surface area contributed by atoms with Crippen molar-refractivity contribution in [1.82, 2.24) is 0 Å². The first-order chi connectivity index (χ1) is 10.3. The molecule has 21 heavy (non-hydrogen) atoms. The third kappa shape index (κ3) is 2.05. The molecule has 3 N–H and O–H groups in total. The zero-order valence-electron chi connectivity index (χ0n) is 11.6. The summed E-state index contributed by atoms with van der Waals surface area (Å²) in [6.07, 6.45) is 10.8. The van der Waals surface area contributed by atoms with Crippen LogP contribution in [0.4, 0.5) is 11.4 Å². The van der Waals surface area contributed by atoms with Crippen LogP contribution >= 0.6 is 0 Å². The molecule has 0 saturated carbocycles. The van der Waals surface area contributed by atoms with E-state index in [0.717, 1.165) is 5.69 Å². The monoisotopic (exact) mass is 272 g/mol. The molecule has 2 aliphatic rings. The second-order valence-electron chi connectivity index (χ2n) is 5.40. The van der Waals surface area contributed by atoms with E-state index >= 15 is 0 Å². The largest absolute Gasteiger partial charge is 0.399 e. The van der Waals surface area contributed by atoms with Crippen LogP contribution in [0.5, 0.6) is 0 Å². The van der Waals surface area contributed by atoms with Gasteiger partial charge in [0.1, 0.15) is 0 Å². The summed E-state index contributed by atoms with van der Waals surface area (Å²) in [7, 11) is 0. The number of nitrogens with one attached hydrogen (secondary N) is 1. The van der Waals surface area contributed by atoms with Crippen molar-refractivity contribution in [2.75, 3.05) is 11.1 Å². The highest BCUT2D eigenvalue weighted by molar-refractivity contribution is 5.88. The lowest BCUT2D eigenvalue weighted by molar-refractivity contribution is 1.04. The number of nitrogens with two attached hydrogens (primary N) is 1. The molecule has 0 spiro atoms.